The zero-order valence-electron chi connectivity index (χ0n) is 6.82. The van der Waals surface area contributed by atoms with Gasteiger partial charge in [-0.3, -0.25) is 0 Å². The lowest BCUT2D eigenvalue weighted by atomic mass is 10.3. The fraction of sp³-hybridized carbons (Fsp3) is 0.500. The third-order valence-corrected chi connectivity index (χ3v) is 1.63. The van der Waals surface area contributed by atoms with E-state index in [1.807, 2.05) is 6.07 Å². The number of nitrogens with one attached hydrogen (secondary N) is 2. The number of aromatic nitrogens is 1. The Labute approximate surface area is 72.0 Å². The number of hydrogen-bond donors (Lipinski definition) is 2. The van der Waals surface area contributed by atoms with Crippen molar-refractivity contribution in [1.29, 1.82) is 0 Å². The van der Waals surface area contributed by atoms with Crippen LogP contribution in [0.4, 0.5) is 0 Å². The van der Waals surface area contributed by atoms with E-state index in [9.17, 15) is 0 Å². The molecular weight excluding hydrogens is 160 g/mol. The predicted octanol–water partition coefficient (Wildman–Crippen LogP) is 2.17. The lowest BCUT2D eigenvalue weighted by Gasteiger charge is -2.05. The van der Waals surface area contributed by atoms with E-state index in [0.29, 0.717) is 6.04 Å². The summed E-state index contributed by atoms with van der Waals surface area (Å²) in [6.07, 6.45) is 1.79. The average molecular weight is 173 g/mol. The Morgan fingerprint density at radius 3 is 2.82 bits per heavy atom. The molecule has 62 valence electrons. The molecule has 0 bridgehead atoms. The van der Waals surface area contributed by atoms with Gasteiger partial charge >= 0.3 is 0 Å². The fourth-order valence-corrected chi connectivity index (χ4v) is 1.01. The van der Waals surface area contributed by atoms with E-state index in [1.54, 1.807) is 6.20 Å². The van der Waals surface area contributed by atoms with Crippen LogP contribution in [-0.4, -0.2) is 11.0 Å². The van der Waals surface area contributed by atoms with Gasteiger partial charge < -0.3 is 10.3 Å². The average Bonchev–Trinajstić information content (AvgIpc) is 2.31. The third kappa shape index (κ3) is 2.95. The van der Waals surface area contributed by atoms with E-state index in [2.05, 4.69) is 24.1 Å². The number of rotatable bonds is 3. The summed E-state index contributed by atoms with van der Waals surface area (Å²) in [7, 11) is 0. The van der Waals surface area contributed by atoms with Gasteiger partial charge in [-0.15, -0.1) is 0 Å². The first kappa shape index (κ1) is 8.62. The van der Waals surface area contributed by atoms with Crippen molar-refractivity contribution in [2.45, 2.75) is 26.4 Å². The Kier molecular flexibility index (Phi) is 2.97. The van der Waals surface area contributed by atoms with Crippen molar-refractivity contribution >= 4 is 11.6 Å². The van der Waals surface area contributed by atoms with Crippen molar-refractivity contribution < 1.29 is 0 Å². The van der Waals surface area contributed by atoms with Crippen LogP contribution in [-0.2, 0) is 6.54 Å². The Balaban J connectivity index is 2.39. The molecular formula is C8H13ClN2. The van der Waals surface area contributed by atoms with Crippen molar-refractivity contribution in [2.24, 2.45) is 0 Å². The highest BCUT2D eigenvalue weighted by atomic mass is 35.5. The number of hydrogen-bond acceptors (Lipinski definition) is 1. The summed E-state index contributed by atoms with van der Waals surface area (Å²) in [4.78, 5) is 3.07. The zero-order chi connectivity index (χ0) is 8.27. The molecule has 0 aliphatic rings. The largest absolute Gasteiger partial charge is 0.363 e. The van der Waals surface area contributed by atoms with Gasteiger partial charge in [0.25, 0.3) is 0 Å². The van der Waals surface area contributed by atoms with Gasteiger partial charge in [-0.2, -0.15) is 0 Å². The monoisotopic (exact) mass is 172 g/mol. The molecule has 0 fully saturated rings. The summed E-state index contributed by atoms with van der Waals surface area (Å²) in [6.45, 7) is 5.08. The minimum absolute atomic E-state index is 0.511. The van der Waals surface area contributed by atoms with E-state index in [1.165, 1.54) is 0 Å². The number of H-pyrrole nitrogens is 1. The first-order chi connectivity index (χ1) is 5.18. The predicted molar refractivity (Wildman–Crippen MR) is 47.8 cm³/mol. The van der Waals surface area contributed by atoms with Crippen LogP contribution in [0.1, 0.15) is 19.5 Å². The molecule has 0 aliphatic carbocycles. The highest BCUT2D eigenvalue weighted by molar-refractivity contribution is 6.30. The Morgan fingerprint density at radius 2 is 2.36 bits per heavy atom. The van der Waals surface area contributed by atoms with E-state index >= 15 is 0 Å². The van der Waals surface area contributed by atoms with Crippen LogP contribution in [0.25, 0.3) is 0 Å². The van der Waals surface area contributed by atoms with Crippen LogP contribution in [0.3, 0.4) is 0 Å². The molecule has 0 unspecified atom stereocenters. The summed E-state index contributed by atoms with van der Waals surface area (Å²) in [5.41, 5.74) is 1.13. The minimum atomic E-state index is 0.511. The molecule has 0 radical (unpaired) electrons. The SMILES string of the molecule is CC(C)NCc1cc(Cl)c[nH]1. The van der Waals surface area contributed by atoms with Gasteiger partial charge in [-0.05, 0) is 6.07 Å². The Morgan fingerprint density at radius 1 is 1.64 bits per heavy atom. The fourth-order valence-electron chi connectivity index (χ4n) is 0.828. The molecule has 0 aromatic carbocycles. The number of halogens is 1. The van der Waals surface area contributed by atoms with Crippen LogP contribution in [0, 0.1) is 0 Å². The third-order valence-electron chi connectivity index (χ3n) is 1.41. The second-order valence-corrected chi connectivity index (χ2v) is 3.32. The molecule has 0 atom stereocenters. The lowest BCUT2D eigenvalue weighted by molar-refractivity contribution is 0.583. The van der Waals surface area contributed by atoms with E-state index < -0.39 is 0 Å². The topological polar surface area (TPSA) is 27.8 Å². The maximum atomic E-state index is 5.72. The maximum Gasteiger partial charge on any atom is 0.0583 e. The Bertz CT molecular complexity index is 218. The molecule has 0 saturated heterocycles. The lowest BCUT2D eigenvalue weighted by Crippen LogP contribution is -2.21. The first-order valence-corrected chi connectivity index (χ1v) is 4.12. The van der Waals surface area contributed by atoms with Crippen LogP contribution in [0.5, 0.6) is 0 Å². The normalized spacial score (nSPS) is 10.9. The van der Waals surface area contributed by atoms with Gasteiger partial charge in [0, 0.05) is 24.5 Å². The maximum absolute atomic E-state index is 5.72. The van der Waals surface area contributed by atoms with Crippen LogP contribution in [0.15, 0.2) is 12.3 Å². The highest BCUT2D eigenvalue weighted by Gasteiger charge is 1.96. The minimum Gasteiger partial charge on any atom is -0.363 e. The van der Waals surface area contributed by atoms with Crippen LogP contribution < -0.4 is 5.32 Å². The Hall–Kier alpha value is -0.470. The molecule has 0 saturated carbocycles. The van der Waals surface area contributed by atoms with Crippen molar-refractivity contribution in [3.05, 3.63) is 23.0 Å². The molecule has 1 heterocycles. The summed E-state index contributed by atoms with van der Waals surface area (Å²) < 4.78 is 0. The van der Waals surface area contributed by atoms with Gasteiger partial charge in [0.05, 0.1) is 5.02 Å². The smallest absolute Gasteiger partial charge is 0.0583 e. The molecule has 1 aromatic heterocycles. The molecule has 1 aromatic rings. The van der Waals surface area contributed by atoms with Gasteiger partial charge in [-0.1, -0.05) is 25.4 Å². The van der Waals surface area contributed by atoms with Crippen LogP contribution >= 0.6 is 11.6 Å². The van der Waals surface area contributed by atoms with Gasteiger partial charge in [-0.25, -0.2) is 0 Å². The molecule has 11 heavy (non-hydrogen) atoms. The van der Waals surface area contributed by atoms with E-state index in [0.717, 1.165) is 17.3 Å². The molecule has 1 rings (SSSR count). The van der Waals surface area contributed by atoms with Gasteiger partial charge in [0.1, 0.15) is 0 Å². The number of aromatic amines is 1. The quantitative estimate of drug-likeness (QED) is 0.719. The van der Waals surface area contributed by atoms with E-state index in [-0.39, 0.29) is 0 Å². The molecule has 0 aliphatic heterocycles. The second-order valence-electron chi connectivity index (χ2n) is 2.88. The second kappa shape index (κ2) is 3.79. The zero-order valence-corrected chi connectivity index (χ0v) is 7.57. The summed E-state index contributed by atoms with van der Waals surface area (Å²) in [6, 6.07) is 2.44. The van der Waals surface area contributed by atoms with Crippen LogP contribution in [0.2, 0.25) is 5.02 Å². The van der Waals surface area contributed by atoms with Crippen molar-refractivity contribution in [1.82, 2.24) is 10.3 Å². The van der Waals surface area contributed by atoms with Crippen molar-refractivity contribution in [3.63, 3.8) is 0 Å². The standard InChI is InChI=1S/C8H13ClN2/c1-6(2)10-5-8-3-7(9)4-11-8/h3-4,6,10-11H,5H2,1-2H3. The van der Waals surface area contributed by atoms with Gasteiger partial charge in [0.15, 0.2) is 0 Å². The molecule has 2 nitrogen and oxygen atoms in total. The van der Waals surface area contributed by atoms with Crippen molar-refractivity contribution in [3.8, 4) is 0 Å². The molecule has 0 amide bonds. The summed E-state index contributed by atoms with van der Waals surface area (Å²) >= 11 is 5.72. The summed E-state index contributed by atoms with van der Waals surface area (Å²) in [5, 5.41) is 4.05. The van der Waals surface area contributed by atoms with Crippen molar-refractivity contribution in [2.75, 3.05) is 0 Å². The molecule has 0 spiro atoms. The first-order valence-electron chi connectivity index (χ1n) is 3.74. The molecule has 2 N–H and O–H groups in total. The molecule has 3 heteroatoms. The highest BCUT2D eigenvalue weighted by Crippen LogP contribution is 2.08. The summed E-state index contributed by atoms with van der Waals surface area (Å²) in [5.74, 6) is 0. The van der Waals surface area contributed by atoms with Gasteiger partial charge in [0.2, 0.25) is 0 Å². The van der Waals surface area contributed by atoms with E-state index in [4.69, 9.17) is 11.6 Å².